The van der Waals surface area contributed by atoms with Gasteiger partial charge in [-0.25, -0.2) is 22.0 Å². The van der Waals surface area contributed by atoms with Crippen LogP contribution in [0.3, 0.4) is 0 Å². The van der Waals surface area contributed by atoms with Crippen LogP contribution in [0.2, 0.25) is 0 Å². The number of halogens is 2. The van der Waals surface area contributed by atoms with Crippen LogP contribution in [0.15, 0.2) is 77.7 Å². The van der Waals surface area contributed by atoms with Gasteiger partial charge in [0.2, 0.25) is 15.9 Å². The maximum atomic E-state index is 14.3. The summed E-state index contributed by atoms with van der Waals surface area (Å²) in [5, 5.41) is 15.6. The molecule has 3 atom stereocenters. The molecule has 46 heavy (non-hydrogen) atoms. The Morgan fingerprint density at radius 1 is 0.913 bits per heavy atom. The first kappa shape index (κ1) is 36.4. The van der Waals surface area contributed by atoms with Gasteiger partial charge in [0.1, 0.15) is 17.7 Å². The number of hydrogen-bond acceptors (Lipinski definition) is 7. The van der Waals surface area contributed by atoms with Gasteiger partial charge in [0, 0.05) is 29.7 Å². The number of carbonyl (C=O) groups excluding carboxylic acids is 2. The largest absolute Gasteiger partial charge is 0.453 e. The molecular weight excluding hydrogens is 618 g/mol. The Morgan fingerprint density at radius 2 is 1.48 bits per heavy atom. The van der Waals surface area contributed by atoms with E-state index in [4.69, 9.17) is 10.5 Å². The maximum Gasteiger partial charge on any atom is 0.407 e. The normalized spacial score (nSPS) is 13.8. The minimum Gasteiger partial charge on any atom is -0.453 e. The van der Waals surface area contributed by atoms with E-state index >= 15 is 0 Å². The Morgan fingerprint density at radius 3 is 1.96 bits per heavy atom. The molecular formula is C33H42F2N4O6S. The van der Waals surface area contributed by atoms with Crippen LogP contribution in [0, 0.1) is 11.6 Å². The van der Waals surface area contributed by atoms with E-state index < -0.39 is 70.4 Å². The van der Waals surface area contributed by atoms with Gasteiger partial charge in [0.25, 0.3) is 0 Å². The maximum absolute atomic E-state index is 14.3. The zero-order valence-corrected chi connectivity index (χ0v) is 27.1. The lowest BCUT2D eigenvalue weighted by atomic mass is 9.84. The number of amides is 2. The van der Waals surface area contributed by atoms with Crippen LogP contribution in [0.25, 0.3) is 0 Å². The zero-order valence-electron chi connectivity index (χ0n) is 26.3. The van der Waals surface area contributed by atoms with Crippen molar-refractivity contribution in [3.8, 4) is 0 Å². The van der Waals surface area contributed by atoms with Gasteiger partial charge >= 0.3 is 6.09 Å². The number of sulfonamides is 1. The summed E-state index contributed by atoms with van der Waals surface area (Å²) in [6.07, 6.45) is 0.209. The number of aliphatic hydroxyl groups excluding tert-OH is 1. The molecule has 3 rings (SSSR count). The van der Waals surface area contributed by atoms with E-state index in [-0.39, 0.29) is 4.90 Å². The molecule has 13 heteroatoms. The molecule has 0 fully saturated rings. The first-order chi connectivity index (χ1) is 21.8. The van der Waals surface area contributed by atoms with Crippen LogP contribution in [-0.4, -0.2) is 67.7 Å². The highest BCUT2D eigenvalue weighted by atomic mass is 32.2. The lowest BCUT2D eigenvalue weighted by molar-refractivity contribution is -0.124. The number of methoxy groups -OCH3 is 1. The molecule has 0 bridgehead atoms. The number of nitrogens with zero attached hydrogens (tertiary/aromatic N) is 1. The Balaban J connectivity index is 1.79. The standard InChI is InChI=1S/C33H42F2N4O6S/c1-21(2)39(46(43,44)29-16-14-27(36)15-17-29)28(20-40)13-5-8-22(3)37-32(41)31(38-33(42)45-4)30(23-9-6-11-25(34)18-23)24-10-7-12-26(35)19-24/h6-7,9-12,14-19,21-22,28,30-31,40H,5,8,13,20,36H2,1-4H3,(H,37,41)(H,38,42). The molecule has 250 valence electrons. The van der Waals surface area contributed by atoms with Crippen molar-refractivity contribution in [1.82, 2.24) is 14.9 Å². The number of carbonyl (C=O) groups is 2. The van der Waals surface area contributed by atoms with Crippen LogP contribution < -0.4 is 16.4 Å². The molecule has 0 aliphatic heterocycles. The molecule has 0 aromatic heterocycles. The molecule has 0 saturated carbocycles. The first-order valence-electron chi connectivity index (χ1n) is 14.9. The highest BCUT2D eigenvalue weighted by Gasteiger charge is 2.35. The van der Waals surface area contributed by atoms with Crippen LogP contribution in [0.1, 0.15) is 57.1 Å². The van der Waals surface area contributed by atoms with E-state index in [0.29, 0.717) is 36.1 Å². The van der Waals surface area contributed by atoms with Crippen molar-refractivity contribution < 1.29 is 36.6 Å². The van der Waals surface area contributed by atoms with Gasteiger partial charge in [-0.15, -0.1) is 0 Å². The summed E-state index contributed by atoms with van der Waals surface area (Å²) in [6.45, 7) is 4.78. The Labute approximate surface area is 269 Å². The smallest absolute Gasteiger partial charge is 0.407 e. The number of aliphatic hydroxyl groups is 1. The molecule has 0 radical (unpaired) electrons. The predicted molar refractivity (Wildman–Crippen MR) is 171 cm³/mol. The van der Waals surface area contributed by atoms with Crippen molar-refractivity contribution in [2.45, 2.75) is 75.0 Å². The second-order valence-corrected chi connectivity index (χ2v) is 13.2. The second kappa shape index (κ2) is 16.5. The van der Waals surface area contributed by atoms with Crippen LogP contribution in [-0.2, 0) is 19.6 Å². The van der Waals surface area contributed by atoms with E-state index in [1.54, 1.807) is 32.9 Å². The summed E-state index contributed by atoms with van der Waals surface area (Å²) in [7, 11) is -2.81. The van der Waals surface area contributed by atoms with Gasteiger partial charge in [-0.1, -0.05) is 24.3 Å². The van der Waals surface area contributed by atoms with E-state index in [1.807, 2.05) is 0 Å². The molecule has 3 aromatic rings. The predicted octanol–water partition coefficient (Wildman–Crippen LogP) is 4.54. The van der Waals surface area contributed by atoms with Gasteiger partial charge < -0.3 is 26.2 Å². The van der Waals surface area contributed by atoms with E-state index in [0.717, 1.165) is 7.11 Å². The lowest BCUT2D eigenvalue weighted by Crippen LogP contribution is -2.52. The monoisotopic (exact) mass is 660 g/mol. The summed E-state index contributed by atoms with van der Waals surface area (Å²) in [6, 6.07) is 13.8. The lowest BCUT2D eigenvalue weighted by Gasteiger charge is -2.33. The topological polar surface area (TPSA) is 151 Å². The third kappa shape index (κ3) is 9.47. The third-order valence-electron chi connectivity index (χ3n) is 7.59. The number of rotatable bonds is 15. The van der Waals surface area contributed by atoms with Crippen LogP contribution in [0.5, 0.6) is 0 Å². The van der Waals surface area contributed by atoms with Gasteiger partial charge in [-0.2, -0.15) is 4.31 Å². The average Bonchev–Trinajstić information content (AvgIpc) is 3.00. The Bertz CT molecular complexity index is 1530. The van der Waals surface area contributed by atoms with Gasteiger partial charge in [0.15, 0.2) is 0 Å². The fourth-order valence-corrected chi connectivity index (χ4v) is 7.33. The van der Waals surface area contributed by atoms with E-state index in [2.05, 4.69) is 10.6 Å². The average molecular weight is 661 g/mol. The van der Waals surface area contributed by atoms with Crippen molar-refractivity contribution in [3.63, 3.8) is 0 Å². The Hall–Kier alpha value is -4.07. The fourth-order valence-electron chi connectivity index (χ4n) is 5.48. The van der Waals surface area contributed by atoms with E-state index in [1.165, 1.54) is 65.0 Å². The molecule has 10 nitrogen and oxygen atoms in total. The summed E-state index contributed by atoms with van der Waals surface area (Å²) in [5.41, 5.74) is 6.81. The third-order valence-corrected chi connectivity index (χ3v) is 9.73. The molecule has 0 saturated heterocycles. The molecule has 0 spiro atoms. The van der Waals surface area contributed by atoms with Crippen molar-refractivity contribution in [2.75, 3.05) is 19.5 Å². The molecule has 0 heterocycles. The number of nitrogen functional groups attached to an aromatic ring is 1. The number of nitrogens with two attached hydrogens (primary N) is 1. The van der Waals surface area contributed by atoms with Gasteiger partial charge in [-0.05, 0) is 99.7 Å². The van der Waals surface area contributed by atoms with Crippen LogP contribution in [0.4, 0.5) is 19.3 Å². The quantitative estimate of drug-likeness (QED) is 0.175. The van der Waals surface area contributed by atoms with Crippen molar-refractivity contribution >= 4 is 27.7 Å². The fraction of sp³-hybridized carbons (Fsp3) is 0.394. The highest BCUT2D eigenvalue weighted by Crippen LogP contribution is 2.30. The molecule has 0 aliphatic rings. The number of anilines is 1. The van der Waals surface area contributed by atoms with E-state index in [9.17, 15) is 31.9 Å². The minimum absolute atomic E-state index is 0.0600. The number of alkyl carbamates (subject to hydrolysis) is 1. The first-order valence-corrected chi connectivity index (χ1v) is 16.4. The van der Waals surface area contributed by atoms with Gasteiger partial charge in [0.05, 0.1) is 18.6 Å². The van der Waals surface area contributed by atoms with Gasteiger partial charge in [-0.3, -0.25) is 4.79 Å². The molecule has 3 unspecified atom stereocenters. The van der Waals surface area contributed by atoms with Crippen molar-refractivity contribution in [1.29, 1.82) is 0 Å². The summed E-state index contributed by atoms with van der Waals surface area (Å²) in [4.78, 5) is 26.1. The number of hydrogen-bond donors (Lipinski definition) is 4. The summed E-state index contributed by atoms with van der Waals surface area (Å²) < 4.78 is 61.6. The number of nitrogens with one attached hydrogen (secondary N) is 2. The van der Waals surface area contributed by atoms with Crippen molar-refractivity contribution in [3.05, 3.63) is 95.6 Å². The zero-order chi connectivity index (χ0) is 34.0. The molecule has 3 aromatic carbocycles. The second-order valence-electron chi connectivity index (χ2n) is 11.4. The number of benzene rings is 3. The molecule has 5 N–H and O–H groups in total. The summed E-state index contributed by atoms with van der Waals surface area (Å²) in [5.74, 6) is -2.74. The SMILES string of the molecule is COC(=O)NC(C(=O)NC(C)CCCC(CO)N(C(C)C)S(=O)(=O)c1ccc(N)cc1)C(c1cccc(F)c1)c1cccc(F)c1. The highest BCUT2D eigenvalue weighted by molar-refractivity contribution is 7.89. The molecule has 2 amide bonds. The van der Waals surface area contributed by atoms with Crippen LogP contribution >= 0.6 is 0 Å². The number of ether oxygens (including phenoxy) is 1. The Kier molecular flexibility index (Phi) is 13.0. The van der Waals surface area contributed by atoms with Crippen molar-refractivity contribution in [2.24, 2.45) is 0 Å². The summed E-state index contributed by atoms with van der Waals surface area (Å²) >= 11 is 0. The molecule has 0 aliphatic carbocycles. The minimum atomic E-state index is -3.95.